The van der Waals surface area contributed by atoms with Gasteiger partial charge in [-0.05, 0) is 29.8 Å². The Morgan fingerprint density at radius 3 is 2.62 bits per heavy atom. The number of thioether (sulfide) groups is 1. The van der Waals surface area contributed by atoms with E-state index in [0.29, 0.717) is 0 Å². The molecular formula is C15H13Br3N2S. The first-order chi connectivity index (χ1) is 9.65. The van der Waals surface area contributed by atoms with Crippen LogP contribution in [0.3, 0.4) is 0 Å². The molecule has 1 aromatic heterocycles. The summed E-state index contributed by atoms with van der Waals surface area (Å²) in [6.45, 7) is 0. The van der Waals surface area contributed by atoms with Crippen LogP contribution in [-0.4, -0.2) is 9.55 Å². The maximum Gasteiger partial charge on any atom is 0.169 e. The quantitative estimate of drug-likeness (QED) is 0.419. The zero-order valence-corrected chi connectivity index (χ0v) is 16.9. The van der Waals surface area contributed by atoms with Gasteiger partial charge < -0.3 is 4.57 Å². The summed E-state index contributed by atoms with van der Waals surface area (Å²) in [5, 5.41) is 1.04. The molecule has 0 N–H and O–H groups in total. The van der Waals surface area contributed by atoms with E-state index in [4.69, 9.17) is 0 Å². The molecule has 21 heavy (non-hydrogen) atoms. The smallest absolute Gasteiger partial charge is 0.169 e. The van der Waals surface area contributed by atoms with Gasteiger partial charge in [0.1, 0.15) is 0 Å². The molecule has 110 valence electrons. The van der Waals surface area contributed by atoms with Gasteiger partial charge in [0.25, 0.3) is 0 Å². The molecular weight excluding hydrogens is 480 g/mol. The minimum atomic E-state index is 0. The highest BCUT2D eigenvalue weighted by Crippen LogP contribution is 2.29. The number of para-hydroxylation sites is 2. The number of imidazole rings is 1. The summed E-state index contributed by atoms with van der Waals surface area (Å²) in [6, 6.07) is 14.5. The van der Waals surface area contributed by atoms with Gasteiger partial charge in [-0.15, -0.1) is 17.0 Å². The second-order valence-corrected chi connectivity index (χ2v) is 7.18. The van der Waals surface area contributed by atoms with Gasteiger partial charge in [0.15, 0.2) is 5.16 Å². The first-order valence-corrected chi connectivity index (χ1v) is 8.70. The second-order valence-electron chi connectivity index (χ2n) is 4.47. The first kappa shape index (κ1) is 17.1. The Balaban J connectivity index is 0.00000161. The number of fused-ring (bicyclic) bond motifs is 1. The van der Waals surface area contributed by atoms with E-state index in [1.165, 1.54) is 11.1 Å². The maximum atomic E-state index is 4.68. The molecule has 6 heteroatoms. The Kier molecular flexibility index (Phi) is 5.94. The third-order valence-electron chi connectivity index (χ3n) is 3.12. The van der Waals surface area contributed by atoms with E-state index in [-0.39, 0.29) is 17.0 Å². The molecule has 0 unspecified atom stereocenters. The number of rotatable bonds is 3. The van der Waals surface area contributed by atoms with Crippen molar-refractivity contribution in [1.29, 1.82) is 0 Å². The lowest BCUT2D eigenvalue weighted by Gasteiger charge is -2.05. The summed E-state index contributed by atoms with van der Waals surface area (Å²) in [4.78, 5) is 4.68. The average molecular weight is 493 g/mol. The predicted octanol–water partition coefficient (Wildman–Crippen LogP) is 5.97. The zero-order chi connectivity index (χ0) is 14.1. The average Bonchev–Trinajstić information content (AvgIpc) is 2.75. The van der Waals surface area contributed by atoms with Crippen LogP contribution < -0.4 is 0 Å². The van der Waals surface area contributed by atoms with E-state index in [1.54, 1.807) is 11.8 Å². The van der Waals surface area contributed by atoms with Crippen molar-refractivity contribution in [3.8, 4) is 0 Å². The molecule has 1 heterocycles. The molecule has 0 aliphatic rings. The summed E-state index contributed by atoms with van der Waals surface area (Å²) in [5.41, 5.74) is 3.49. The van der Waals surface area contributed by atoms with Crippen LogP contribution in [0.5, 0.6) is 0 Å². The molecule has 0 spiro atoms. The van der Waals surface area contributed by atoms with Crippen LogP contribution in [0.15, 0.2) is 56.6 Å². The Morgan fingerprint density at radius 2 is 1.90 bits per heavy atom. The van der Waals surface area contributed by atoms with Gasteiger partial charge >= 0.3 is 0 Å². The Bertz CT molecular complexity index is 771. The molecule has 0 saturated carbocycles. The summed E-state index contributed by atoms with van der Waals surface area (Å²) >= 11 is 8.83. The highest BCUT2D eigenvalue weighted by atomic mass is 79.9. The lowest BCUT2D eigenvalue weighted by molar-refractivity contribution is 0.815. The molecule has 2 aromatic carbocycles. The number of hydrogen-bond acceptors (Lipinski definition) is 2. The standard InChI is InChI=1S/C15H12Br2N2S.BrH/c1-19-14-5-3-2-4-13(14)18-15(19)20-9-10-6-7-11(16)8-12(10)17;/h2-8H,9H2,1H3;1H. The first-order valence-electron chi connectivity index (χ1n) is 6.13. The molecule has 2 nitrogen and oxygen atoms in total. The van der Waals surface area contributed by atoms with Crippen LogP contribution in [0, 0.1) is 0 Å². The molecule has 0 aliphatic carbocycles. The van der Waals surface area contributed by atoms with Gasteiger partial charge in [-0.2, -0.15) is 0 Å². The van der Waals surface area contributed by atoms with Gasteiger partial charge in [-0.25, -0.2) is 4.98 Å². The Labute approximate surface area is 155 Å². The topological polar surface area (TPSA) is 17.8 Å². The molecule has 3 rings (SSSR count). The van der Waals surface area contributed by atoms with Crippen LogP contribution in [0.4, 0.5) is 0 Å². The van der Waals surface area contributed by atoms with Crippen molar-refractivity contribution in [1.82, 2.24) is 9.55 Å². The van der Waals surface area contributed by atoms with Gasteiger partial charge in [-0.3, -0.25) is 0 Å². The Hall–Kier alpha value is -0.300. The number of halogens is 3. The number of nitrogens with zero attached hydrogens (tertiary/aromatic N) is 2. The van der Waals surface area contributed by atoms with E-state index in [9.17, 15) is 0 Å². The van der Waals surface area contributed by atoms with E-state index < -0.39 is 0 Å². The third kappa shape index (κ3) is 3.73. The molecule has 0 bridgehead atoms. The van der Waals surface area contributed by atoms with Gasteiger partial charge in [-0.1, -0.05) is 61.8 Å². The van der Waals surface area contributed by atoms with Gasteiger partial charge in [0.05, 0.1) is 11.0 Å². The monoisotopic (exact) mass is 490 g/mol. The number of benzene rings is 2. The van der Waals surface area contributed by atoms with E-state index in [2.05, 4.69) is 78.8 Å². The number of aromatic nitrogens is 2. The molecule has 3 aromatic rings. The normalized spacial score (nSPS) is 10.6. The zero-order valence-electron chi connectivity index (χ0n) is 11.2. The van der Waals surface area contributed by atoms with Crippen LogP contribution in [0.1, 0.15) is 5.56 Å². The van der Waals surface area contributed by atoms with Crippen LogP contribution >= 0.6 is 60.6 Å². The SMILES string of the molecule is Br.Cn1c(SCc2ccc(Br)cc2Br)nc2ccccc21. The lowest BCUT2D eigenvalue weighted by Crippen LogP contribution is -1.91. The highest BCUT2D eigenvalue weighted by Gasteiger charge is 2.09. The summed E-state index contributed by atoms with van der Waals surface area (Å²) in [5.74, 6) is 0.894. The van der Waals surface area contributed by atoms with Crippen molar-refractivity contribution >= 4 is 71.6 Å². The largest absolute Gasteiger partial charge is 0.322 e. The van der Waals surface area contributed by atoms with Crippen LogP contribution in [0.2, 0.25) is 0 Å². The summed E-state index contributed by atoms with van der Waals surface area (Å²) in [6.07, 6.45) is 0. The lowest BCUT2D eigenvalue weighted by atomic mass is 10.2. The predicted molar refractivity (Wildman–Crippen MR) is 102 cm³/mol. The van der Waals surface area contributed by atoms with Crippen molar-refractivity contribution < 1.29 is 0 Å². The molecule has 0 saturated heterocycles. The van der Waals surface area contributed by atoms with Crippen molar-refractivity contribution in [2.24, 2.45) is 7.05 Å². The number of aryl methyl sites for hydroxylation is 1. The molecule has 0 atom stereocenters. The van der Waals surface area contributed by atoms with Crippen molar-refractivity contribution in [3.63, 3.8) is 0 Å². The fourth-order valence-electron chi connectivity index (χ4n) is 2.03. The minimum Gasteiger partial charge on any atom is -0.322 e. The summed E-state index contributed by atoms with van der Waals surface area (Å²) in [7, 11) is 2.06. The fourth-order valence-corrected chi connectivity index (χ4v) is 4.40. The molecule has 0 radical (unpaired) electrons. The van der Waals surface area contributed by atoms with Crippen molar-refractivity contribution in [2.45, 2.75) is 10.9 Å². The highest BCUT2D eigenvalue weighted by molar-refractivity contribution is 9.11. The number of hydrogen-bond donors (Lipinski definition) is 0. The minimum absolute atomic E-state index is 0. The second kappa shape index (κ2) is 7.31. The summed E-state index contributed by atoms with van der Waals surface area (Å²) < 4.78 is 4.35. The Morgan fingerprint density at radius 1 is 1.14 bits per heavy atom. The van der Waals surface area contributed by atoms with Gasteiger partial charge in [0, 0.05) is 21.7 Å². The van der Waals surface area contributed by atoms with E-state index in [0.717, 1.165) is 25.4 Å². The van der Waals surface area contributed by atoms with Crippen LogP contribution in [-0.2, 0) is 12.8 Å². The van der Waals surface area contributed by atoms with Crippen molar-refractivity contribution in [2.75, 3.05) is 0 Å². The molecule has 0 amide bonds. The molecule has 0 fully saturated rings. The maximum absolute atomic E-state index is 4.68. The van der Waals surface area contributed by atoms with Crippen molar-refractivity contribution in [3.05, 3.63) is 57.0 Å². The fraction of sp³-hybridized carbons (Fsp3) is 0.133. The van der Waals surface area contributed by atoms with E-state index >= 15 is 0 Å². The van der Waals surface area contributed by atoms with Gasteiger partial charge in [0.2, 0.25) is 0 Å². The van der Waals surface area contributed by atoms with E-state index in [1.807, 2.05) is 12.1 Å². The van der Waals surface area contributed by atoms with Crippen LogP contribution in [0.25, 0.3) is 11.0 Å². The molecule has 0 aliphatic heterocycles. The third-order valence-corrected chi connectivity index (χ3v) is 5.43.